The molecule has 0 aromatic heterocycles. The molecule has 2 N–H and O–H groups in total. The summed E-state index contributed by atoms with van der Waals surface area (Å²) in [5.41, 5.74) is 5.14. The molecule has 2 unspecified atom stereocenters. The molecule has 0 heterocycles. The number of nitrogens with two attached hydrogens (primary N) is 1. The van der Waals surface area contributed by atoms with E-state index in [-0.39, 0.29) is 11.6 Å². The van der Waals surface area contributed by atoms with Gasteiger partial charge < -0.3 is 15.2 Å². The summed E-state index contributed by atoms with van der Waals surface area (Å²) < 4.78 is 10.6. The highest BCUT2D eigenvalue weighted by Gasteiger charge is 2.39. The zero-order chi connectivity index (χ0) is 13.8. The number of hydrogen-bond acceptors (Lipinski definition) is 4. The Labute approximate surface area is 110 Å². The van der Waals surface area contributed by atoms with Gasteiger partial charge in [0, 0.05) is 13.5 Å². The Balaban J connectivity index is 2.40. The van der Waals surface area contributed by atoms with Crippen LogP contribution >= 0.6 is 0 Å². The van der Waals surface area contributed by atoms with Crippen molar-refractivity contribution in [3.8, 4) is 0 Å². The maximum atomic E-state index is 12.1. The van der Waals surface area contributed by atoms with Crippen LogP contribution in [0.1, 0.15) is 52.9 Å². The Kier molecular flexibility index (Phi) is 5.17. The SMILES string of the molecule is COC(C)(C)CCOC(=O)C1(N)CCCC(C)C1. The number of hydrogen-bond donors (Lipinski definition) is 1. The Morgan fingerprint density at radius 2 is 2.17 bits per heavy atom. The summed E-state index contributed by atoms with van der Waals surface area (Å²) in [6, 6.07) is 0. The van der Waals surface area contributed by atoms with Crippen molar-refractivity contribution in [2.24, 2.45) is 11.7 Å². The van der Waals surface area contributed by atoms with Crippen LogP contribution in [0, 0.1) is 5.92 Å². The number of esters is 1. The topological polar surface area (TPSA) is 61.5 Å². The van der Waals surface area contributed by atoms with Gasteiger partial charge in [0.1, 0.15) is 5.54 Å². The van der Waals surface area contributed by atoms with Gasteiger partial charge >= 0.3 is 5.97 Å². The molecule has 1 rings (SSSR count). The molecule has 4 heteroatoms. The van der Waals surface area contributed by atoms with E-state index in [1.54, 1.807) is 7.11 Å². The molecular formula is C14H27NO3. The molecule has 1 fully saturated rings. The fourth-order valence-corrected chi connectivity index (χ4v) is 2.41. The molecule has 106 valence electrons. The minimum absolute atomic E-state index is 0.249. The predicted molar refractivity (Wildman–Crippen MR) is 71.2 cm³/mol. The van der Waals surface area contributed by atoms with Gasteiger partial charge in [0.05, 0.1) is 12.2 Å². The summed E-state index contributed by atoms with van der Waals surface area (Å²) in [4.78, 5) is 12.1. The molecule has 0 aliphatic heterocycles. The number of carbonyl (C=O) groups is 1. The molecule has 0 saturated heterocycles. The van der Waals surface area contributed by atoms with E-state index in [4.69, 9.17) is 15.2 Å². The van der Waals surface area contributed by atoms with Gasteiger partial charge in [-0.15, -0.1) is 0 Å². The van der Waals surface area contributed by atoms with E-state index in [0.717, 1.165) is 25.7 Å². The summed E-state index contributed by atoms with van der Waals surface area (Å²) in [6.07, 6.45) is 4.32. The molecule has 18 heavy (non-hydrogen) atoms. The Morgan fingerprint density at radius 3 is 2.72 bits per heavy atom. The van der Waals surface area contributed by atoms with Crippen LogP contribution in [0.25, 0.3) is 0 Å². The standard InChI is InChI=1S/C14H27NO3/c1-11-6-5-7-14(15,10-11)12(16)18-9-8-13(2,3)17-4/h11H,5-10,15H2,1-4H3. The normalized spacial score (nSPS) is 29.1. The molecule has 1 aliphatic carbocycles. The molecular weight excluding hydrogens is 230 g/mol. The first-order chi connectivity index (χ1) is 8.29. The van der Waals surface area contributed by atoms with Gasteiger partial charge in [-0.2, -0.15) is 0 Å². The van der Waals surface area contributed by atoms with E-state index in [0.29, 0.717) is 18.9 Å². The summed E-state index contributed by atoms with van der Waals surface area (Å²) in [6.45, 7) is 6.46. The van der Waals surface area contributed by atoms with Gasteiger partial charge in [-0.25, -0.2) is 0 Å². The van der Waals surface area contributed by atoms with Crippen molar-refractivity contribution in [1.29, 1.82) is 0 Å². The highest BCUT2D eigenvalue weighted by Crippen LogP contribution is 2.31. The van der Waals surface area contributed by atoms with Gasteiger partial charge in [-0.1, -0.05) is 19.8 Å². The molecule has 1 saturated carbocycles. The monoisotopic (exact) mass is 257 g/mol. The predicted octanol–water partition coefficient (Wildman–Crippen LogP) is 2.25. The van der Waals surface area contributed by atoms with Crippen molar-refractivity contribution < 1.29 is 14.3 Å². The van der Waals surface area contributed by atoms with E-state index in [1.165, 1.54) is 0 Å². The molecule has 0 aromatic rings. The summed E-state index contributed by atoms with van der Waals surface area (Å²) in [5, 5.41) is 0. The van der Waals surface area contributed by atoms with Crippen LogP contribution in [0.2, 0.25) is 0 Å². The van der Waals surface area contributed by atoms with Gasteiger partial charge in [0.2, 0.25) is 0 Å². The first-order valence-electron chi connectivity index (χ1n) is 6.80. The molecule has 0 radical (unpaired) electrons. The molecule has 0 spiro atoms. The van der Waals surface area contributed by atoms with Crippen molar-refractivity contribution in [1.82, 2.24) is 0 Å². The average Bonchev–Trinajstić information content (AvgIpc) is 2.28. The van der Waals surface area contributed by atoms with E-state index in [1.807, 2.05) is 13.8 Å². The highest BCUT2D eigenvalue weighted by molar-refractivity contribution is 5.80. The van der Waals surface area contributed by atoms with Crippen LogP contribution < -0.4 is 5.73 Å². The third-order valence-corrected chi connectivity index (χ3v) is 3.93. The fourth-order valence-electron chi connectivity index (χ4n) is 2.41. The summed E-state index contributed by atoms with van der Waals surface area (Å²) in [7, 11) is 1.66. The highest BCUT2D eigenvalue weighted by atomic mass is 16.5. The van der Waals surface area contributed by atoms with Gasteiger partial charge in [-0.3, -0.25) is 4.79 Å². The molecule has 0 aromatic carbocycles. The lowest BCUT2D eigenvalue weighted by molar-refractivity contribution is -0.153. The van der Waals surface area contributed by atoms with Crippen LogP contribution in [0.5, 0.6) is 0 Å². The molecule has 0 bridgehead atoms. The molecule has 4 nitrogen and oxygen atoms in total. The second-order valence-corrected chi connectivity index (χ2v) is 6.21. The summed E-state index contributed by atoms with van der Waals surface area (Å²) >= 11 is 0. The van der Waals surface area contributed by atoms with Crippen LogP contribution in [0.3, 0.4) is 0 Å². The first-order valence-corrected chi connectivity index (χ1v) is 6.80. The number of rotatable bonds is 5. The smallest absolute Gasteiger partial charge is 0.326 e. The molecule has 2 atom stereocenters. The third-order valence-electron chi connectivity index (χ3n) is 3.93. The zero-order valence-electron chi connectivity index (χ0n) is 12.1. The lowest BCUT2D eigenvalue weighted by atomic mass is 9.77. The van der Waals surface area contributed by atoms with Gasteiger partial charge in [-0.05, 0) is 32.6 Å². The van der Waals surface area contributed by atoms with Crippen molar-refractivity contribution >= 4 is 5.97 Å². The number of ether oxygens (including phenoxy) is 2. The third kappa shape index (κ3) is 4.25. The van der Waals surface area contributed by atoms with Crippen molar-refractivity contribution in [3.63, 3.8) is 0 Å². The van der Waals surface area contributed by atoms with Gasteiger partial charge in [0.25, 0.3) is 0 Å². The number of methoxy groups -OCH3 is 1. The van der Waals surface area contributed by atoms with Crippen molar-refractivity contribution in [2.45, 2.75) is 64.0 Å². The minimum atomic E-state index is -0.769. The van der Waals surface area contributed by atoms with E-state index >= 15 is 0 Å². The molecule has 1 aliphatic rings. The Hall–Kier alpha value is -0.610. The second-order valence-electron chi connectivity index (χ2n) is 6.21. The maximum Gasteiger partial charge on any atom is 0.326 e. The zero-order valence-corrected chi connectivity index (χ0v) is 12.1. The fraction of sp³-hybridized carbons (Fsp3) is 0.929. The summed E-state index contributed by atoms with van der Waals surface area (Å²) in [5.74, 6) is 0.257. The minimum Gasteiger partial charge on any atom is -0.464 e. The Bertz CT molecular complexity index is 291. The van der Waals surface area contributed by atoms with Crippen LogP contribution in [0.4, 0.5) is 0 Å². The lowest BCUT2D eigenvalue weighted by Crippen LogP contribution is -2.52. The maximum absolute atomic E-state index is 12.1. The molecule has 0 amide bonds. The second kappa shape index (κ2) is 6.02. The number of carbonyl (C=O) groups excluding carboxylic acids is 1. The quantitative estimate of drug-likeness (QED) is 0.767. The van der Waals surface area contributed by atoms with E-state index < -0.39 is 5.54 Å². The Morgan fingerprint density at radius 1 is 1.50 bits per heavy atom. The largest absolute Gasteiger partial charge is 0.464 e. The van der Waals surface area contributed by atoms with Crippen LogP contribution in [0.15, 0.2) is 0 Å². The lowest BCUT2D eigenvalue weighted by Gasteiger charge is -2.34. The van der Waals surface area contributed by atoms with Gasteiger partial charge in [0.15, 0.2) is 0 Å². The van der Waals surface area contributed by atoms with Crippen LogP contribution in [-0.4, -0.2) is 30.8 Å². The first kappa shape index (κ1) is 15.4. The van der Waals surface area contributed by atoms with Crippen molar-refractivity contribution in [3.05, 3.63) is 0 Å². The van der Waals surface area contributed by atoms with E-state index in [9.17, 15) is 4.79 Å². The average molecular weight is 257 g/mol. The van der Waals surface area contributed by atoms with E-state index in [2.05, 4.69) is 6.92 Å². The van der Waals surface area contributed by atoms with Crippen molar-refractivity contribution in [2.75, 3.05) is 13.7 Å². The van der Waals surface area contributed by atoms with Crippen LogP contribution in [-0.2, 0) is 14.3 Å².